The summed E-state index contributed by atoms with van der Waals surface area (Å²) in [6, 6.07) is 5.22. The van der Waals surface area contributed by atoms with E-state index >= 15 is 0 Å². The molecular weight excluding hydrogens is 214 g/mol. The van der Waals surface area contributed by atoms with Crippen LogP contribution in [0.1, 0.15) is 42.1 Å². The third-order valence-electron chi connectivity index (χ3n) is 3.16. The fraction of sp³-hybridized carbons (Fsp3) is 0.500. The molecule has 17 heavy (non-hydrogen) atoms. The summed E-state index contributed by atoms with van der Waals surface area (Å²) in [7, 11) is 0. The van der Waals surface area contributed by atoms with E-state index in [0.29, 0.717) is 11.3 Å². The highest BCUT2D eigenvalue weighted by molar-refractivity contribution is 6.02. The summed E-state index contributed by atoms with van der Waals surface area (Å²) in [5.74, 6) is 0.630. The molecule has 2 N–H and O–H groups in total. The molecule has 3 heteroatoms. The van der Waals surface area contributed by atoms with Gasteiger partial charge in [0.15, 0.2) is 5.78 Å². The highest BCUT2D eigenvalue weighted by atomic mass is 16.5. The Kier molecular flexibility index (Phi) is 3.48. The Morgan fingerprint density at radius 2 is 2.18 bits per heavy atom. The van der Waals surface area contributed by atoms with Crippen LogP contribution in [0.5, 0.6) is 5.75 Å². The summed E-state index contributed by atoms with van der Waals surface area (Å²) in [6.45, 7) is 3.67. The minimum atomic E-state index is -0.486. The van der Waals surface area contributed by atoms with Crippen LogP contribution >= 0.6 is 0 Å². The van der Waals surface area contributed by atoms with Crippen molar-refractivity contribution in [2.24, 2.45) is 5.73 Å². The van der Waals surface area contributed by atoms with E-state index < -0.39 is 6.04 Å². The Hall–Kier alpha value is -1.35. The number of carbonyl (C=O) groups is 1. The van der Waals surface area contributed by atoms with Gasteiger partial charge in [0, 0.05) is 0 Å². The Morgan fingerprint density at radius 3 is 2.71 bits per heavy atom. The van der Waals surface area contributed by atoms with Crippen LogP contribution in [0, 0.1) is 6.92 Å². The van der Waals surface area contributed by atoms with Crippen molar-refractivity contribution in [1.29, 1.82) is 0 Å². The number of hydrogen-bond donors (Lipinski definition) is 1. The molecule has 0 spiro atoms. The van der Waals surface area contributed by atoms with Gasteiger partial charge in [0.1, 0.15) is 5.75 Å². The van der Waals surface area contributed by atoms with Crippen LogP contribution < -0.4 is 10.5 Å². The van der Waals surface area contributed by atoms with Gasteiger partial charge in [0.2, 0.25) is 0 Å². The highest BCUT2D eigenvalue weighted by Gasteiger charge is 2.23. The first-order valence-electron chi connectivity index (χ1n) is 6.15. The fourth-order valence-electron chi connectivity index (χ4n) is 1.85. The van der Waals surface area contributed by atoms with E-state index in [1.165, 1.54) is 6.42 Å². The predicted octanol–water partition coefficient (Wildman–Crippen LogP) is 2.46. The van der Waals surface area contributed by atoms with Crippen molar-refractivity contribution in [2.45, 2.75) is 45.3 Å². The molecule has 3 nitrogen and oxygen atoms in total. The average molecular weight is 233 g/mol. The largest absolute Gasteiger partial charge is 0.490 e. The van der Waals surface area contributed by atoms with E-state index in [4.69, 9.17) is 10.5 Å². The van der Waals surface area contributed by atoms with Crippen molar-refractivity contribution in [3.8, 4) is 5.75 Å². The van der Waals surface area contributed by atoms with Crippen molar-refractivity contribution in [1.82, 2.24) is 0 Å². The lowest BCUT2D eigenvalue weighted by atomic mass is 9.95. The van der Waals surface area contributed by atoms with Gasteiger partial charge in [-0.2, -0.15) is 0 Å². The van der Waals surface area contributed by atoms with Crippen LogP contribution in [-0.2, 0) is 0 Å². The maximum Gasteiger partial charge on any atom is 0.182 e. The van der Waals surface area contributed by atoms with Gasteiger partial charge in [0.05, 0.1) is 17.7 Å². The maximum atomic E-state index is 12.0. The topological polar surface area (TPSA) is 52.3 Å². The smallest absolute Gasteiger partial charge is 0.182 e. The monoisotopic (exact) mass is 233 g/mol. The van der Waals surface area contributed by atoms with Gasteiger partial charge in [0.25, 0.3) is 0 Å². The molecule has 2 rings (SSSR count). The molecule has 1 aliphatic carbocycles. The first-order chi connectivity index (χ1) is 8.08. The molecule has 1 unspecified atom stereocenters. The summed E-state index contributed by atoms with van der Waals surface area (Å²) >= 11 is 0. The van der Waals surface area contributed by atoms with E-state index in [0.717, 1.165) is 18.4 Å². The van der Waals surface area contributed by atoms with Crippen LogP contribution in [0.4, 0.5) is 0 Å². The molecule has 0 bridgehead atoms. The van der Waals surface area contributed by atoms with Crippen LogP contribution in [-0.4, -0.2) is 17.9 Å². The molecule has 1 aromatic rings. The van der Waals surface area contributed by atoms with Gasteiger partial charge < -0.3 is 10.5 Å². The highest BCUT2D eigenvalue weighted by Crippen LogP contribution is 2.28. The van der Waals surface area contributed by atoms with E-state index in [9.17, 15) is 4.79 Å². The minimum absolute atomic E-state index is 0.0528. The molecule has 0 amide bonds. The zero-order valence-electron chi connectivity index (χ0n) is 10.4. The number of ether oxygens (including phenoxy) is 1. The van der Waals surface area contributed by atoms with Gasteiger partial charge in [-0.05, 0) is 45.2 Å². The van der Waals surface area contributed by atoms with Crippen molar-refractivity contribution in [3.05, 3.63) is 29.3 Å². The van der Waals surface area contributed by atoms with Crippen LogP contribution in [0.15, 0.2) is 18.2 Å². The normalized spacial score (nSPS) is 17.4. The quantitative estimate of drug-likeness (QED) is 0.813. The second-order valence-corrected chi connectivity index (χ2v) is 4.82. The van der Waals surface area contributed by atoms with E-state index in [1.54, 1.807) is 6.92 Å². The standard InChI is InChI=1S/C14H19NO2/c1-9-6-7-13(17-11-4-3-5-11)12(8-9)14(16)10(2)15/h6-8,10-11H,3-5,15H2,1-2H3. The molecule has 1 aliphatic rings. The molecule has 1 atom stereocenters. The number of aryl methyl sites for hydroxylation is 1. The van der Waals surface area contributed by atoms with E-state index in [2.05, 4.69) is 0 Å². The first kappa shape index (κ1) is 12.1. The third-order valence-corrected chi connectivity index (χ3v) is 3.16. The fourth-order valence-corrected chi connectivity index (χ4v) is 1.85. The molecule has 0 aromatic heterocycles. The molecule has 1 saturated carbocycles. The molecule has 0 saturated heterocycles. The second kappa shape index (κ2) is 4.88. The molecule has 92 valence electrons. The van der Waals surface area contributed by atoms with Gasteiger partial charge in [-0.15, -0.1) is 0 Å². The molecule has 1 fully saturated rings. The maximum absolute atomic E-state index is 12.0. The number of rotatable bonds is 4. The number of hydrogen-bond acceptors (Lipinski definition) is 3. The van der Waals surface area contributed by atoms with Crippen molar-refractivity contribution in [3.63, 3.8) is 0 Å². The Labute approximate surface area is 102 Å². The van der Waals surface area contributed by atoms with Crippen molar-refractivity contribution < 1.29 is 9.53 Å². The molecule has 1 aromatic carbocycles. The number of benzene rings is 1. The number of nitrogens with two attached hydrogens (primary N) is 1. The molecule has 0 aliphatic heterocycles. The van der Waals surface area contributed by atoms with Crippen LogP contribution in [0.2, 0.25) is 0 Å². The van der Waals surface area contributed by atoms with Gasteiger partial charge in [-0.25, -0.2) is 0 Å². The Bertz CT molecular complexity index is 422. The molecule has 0 radical (unpaired) electrons. The van der Waals surface area contributed by atoms with E-state index in [-0.39, 0.29) is 11.9 Å². The lowest BCUT2D eigenvalue weighted by Crippen LogP contribution is -2.29. The van der Waals surface area contributed by atoms with Crippen molar-refractivity contribution in [2.75, 3.05) is 0 Å². The van der Waals surface area contributed by atoms with Gasteiger partial charge in [-0.1, -0.05) is 11.6 Å². The third kappa shape index (κ3) is 2.67. The van der Waals surface area contributed by atoms with Crippen LogP contribution in [0.3, 0.4) is 0 Å². The number of Topliss-reactive ketones (excluding diaryl/α,β-unsaturated/α-hetero) is 1. The average Bonchev–Trinajstić information content (AvgIpc) is 2.23. The predicted molar refractivity (Wildman–Crippen MR) is 67.4 cm³/mol. The van der Waals surface area contributed by atoms with Gasteiger partial charge >= 0.3 is 0 Å². The summed E-state index contributed by atoms with van der Waals surface area (Å²) in [5, 5.41) is 0. The SMILES string of the molecule is Cc1ccc(OC2CCC2)c(C(=O)C(C)N)c1. The summed E-state index contributed by atoms with van der Waals surface area (Å²) in [4.78, 5) is 12.0. The zero-order chi connectivity index (χ0) is 12.4. The summed E-state index contributed by atoms with van der Waals surface area (Å²) in [6.07, 6.45) is 3.66. The lowest BCUT2D eigenvalue weighted by Gasteiger charge is -2.27. The van der Waals surface area contributed by atoms with Crippen molar-refractivity contribution >= 4 is 5.78 Å². The number of ketones is 1. The number of carbonyl (C=O) groups excluding carboxylic acids is 1. The van der Waals surface area contributed by atoms with Crippen LogP contribution in [0.25, 0.3) is 0 Å². The van der Waals surface area contributed by atoms with Gasteiger partial charge in [-0.3, -0.25) is 4.79 Å². The lowest BCUT2D eigenvalue weighted by molar-refractivity contribution is 0.0941. The molecule has 0 heterocycles. The Balaban J connectivity index is 2.26. The Morgan fingerprint density at radius 1 is 1.47 bits per heavy atom. The second-order valence-electron chi connectivity index (χ2n) is 4.82. The molecular formula is C14H19NO2. The first-order valence-corrected chi connectivity index (χ1v) is 6.15. The zero-order valence-corrected chi connectivity index (χ0v) is 10.4. The minimum Gasteiger partial charge on any atom is -0.490 e. The van der Waals surface area contributed by atoms with E-state index in [1.807, 2.05) is 25.1 Å². The summed E-state index contributed by atoms with van der Waals surface area (Å²) < 4.78 is 5.83. The summed E-state index contributed by atoms with van der Waals surface area (Å²) in [5.41, 5.74) is 7.33.